The van der Waals surface area contributed by atoms with E-state index in [2.05, 4.69) is 80.5 Å². The van der Waals surface area contributed by atoms with Crippen LogP contribution in [0.4, 0.5) is 17.1 Å². The summed E-state index contributed by atoms with van der Waals surface area (Å²) in [6.07, 6.45) is 0. The molecule has 0 spiro atoms. The van der Waals surface area contributed by atoms with Gasteiger partial charge in [0.15, 0.2) is 5.60 Å². The van der Waals surface area contributed by atoms with E-state index in [4.69, 9.17) is 16.3 Å². The summed E-state index contributed by atoms with van der Waals surface area (Å²) in [6, 6.07) is 20.3. The third-order valence-electron chi connectivity index (χ3n) is 7.83. The molecule has 0 radical (unpaired) electrons. The number of ether oxygens (including phenoxy) is 1. The molecule has 1 aliphatic heterocycles. The standard InChI is InChI=1S/C32H40ClN3O2/c1-7-34(8-2)23-17-19-27(29(33)21-23)32(26-16-14-13-15-25(26)31(37)38-32)28-20-18-24(35(9-3)10-4)22-30(28)36(11-5)12-6/h13-22H,7-12H2,1-6H3. The zero-order valence-electron chi connectivity index (χ0n) is 23.6. The highest BCUT2D eigenvalue weighted by Gasteiger charge is 2.51. The Morgan fingerprint density at radius 3 is 1.74 bits per heavy atom. The molecule has 1 atom stereocenters. The van der Waals surface area contributed by atoms with Crippen molar-refractivity contribution in [3.05, 3.63) is 87.9 Å². The van der Waals surface area contributed by atoms with Gasteiger partial charge < -0.3 is 19.4 Å². The molecule has 5 nitrogen and oxygen atoms in total. The molecule has 0 fully saturated rings. The highest BCUT2D eigenvalue weighted by Crippen LogP contribution is 2.52. The monoisotopic (exact) mass is 533 g/mol. The fraction of sp³-hybridized carbons (Fsp3) is 0.406. The fourth-order valence-corrected chi connectivity index (χ4v) is 6.07. The molecule has 3 aromatic carbocycles. The van der Waals surface area contributed by atoms with Crippen molar-refractivity contribution in [2.24, 2.45) is 0 Å². The maximum Gasteiger partial charge on any atom is 0.340 e. The van der Waals surface area contributed by atoms with Gasteiger partial charge in [-0.05, 0) is 71.9 Å². The summed E-state index contributed by atoms with van der Waals surface area (Å²) in [7, 11) is 0. The molecule has 0 bridgehead atoms. The lowest BCUT2D eigenvalue weighted by Crippen LogP contribution is -2.34. The second kappa shape index (κ2) is 11.7. The van der Waals surface area contributed by atoms with E-state index in [1.807, 2.05) is 36.4 Å². The Bertz CT molecular complexity index is 1280. The van der Waals surface area contributed by atoms with Crippen LogP contribution in [0.5, 0.6) is 0 Å². The first kappa shape index (κ1) is 27.8. The Morgan fingerprint density at radius 1 is 0.658 bits per heavy atom. The van der Waals surface area contributed by atoms with Gasteiger partial charge in [-0.1, -0.05) is 41.9 Å². The van der Waals surface area contributed by atoms with E-state index < -0.39 is 5.60 Å². The summed E-state index contributed by atoms with van der Waals surface area (Å²) in [6.45, 7) is 18.2. The van der Waals surface area contributed by atoms with E-state index in [0.29, 0.717) is 10.6 Å². The van der Waals surface area contributed by atoms with Crippen LogP contribution in [0.2, 0.25) is 5.02 Å². The number of nitrogens with zero attached hydrogens (tertiary/aromatic N) is 3. The molecule has 1 aliphatic rings. The first-order valence-electron chi connectivity index (χ1n) is 13.9. The smallest absolute Gasteiger partial charge is 0.340 e. The number of anilines is 3. The van der Waals surface area contributed by atoms with Crippen LogP contribution in [0.25, 0.3) is 0 Å². The molecule has 0 aliphatic carbocycles. The number of fused-ring (bicyclic) bond motifs is 1. The van der Waals surface area contributed by atoms with Crippen LogP contribution in [-0.4, -0.2) is 45.2 Å². The van der Waals surface area contributed by atoms with Gasteiger partial charge in [-0.3, -0.25) is 0 Å². The minimum Gasteiger partial charge on any atom is -0.440 e. The largest absolute Gasteiger partial charge is 0.440 e. The summed E-state index contributed by atoms with van der Waals surface area (Å²) < 4.78 is 6.48. The highest BCUT2D eigenvalue weighted by atomic mass is 35.5. The summed E-state index contributed by atoms with van der Waals surface area (Å²) in [5, 5.41) is 0.581. The summed E-state index contributed by atoms with van der Waals surface area (Å²) in [5.41, 5.74) is 5.19. The number of esters is 1. The average molecular weight is 534 g/mol. The molecule has 0 N–H and O–H groups in total. The van der Waals surface area contributed by atoms with E-state index in [1.165, 1.54) is 0 Å². The van der Waals surface area contributed by atoms with Gasteiger partial charge in [0.05, 0.1) is 10.6 Å². The molecule has 38 heavy (non-hydrogen) atoms. The van der Waals surface area contributed by atoms with Crippen molar-refractivity contribution in [1.29, 1.82) is 0 Å². The lowest BCUT2D eigenvalue weighted by atomic mass is 9.78. The molecule has 1 heterocycles. The third kappa shape index (κ3) is 4.62. The maximum atomic E-state index is 13.4. The summed E-state index contributed by atoms with van der Waals surface area (Å²) in [5.74, 6) is -0.331. The number of hydrogen-bond donors (Lipinski definition) is 0. The van der Waals surface area contributed by atoms with Crippen LogP contribution < -0.4 is 14.7 Å². The Balaban J connectivity index is 2.05. The Hall–Kier alpha value is -3.18. The zero-order valence-corrected chi connectivity index (χ0v) is 24.3. The Morgan fingerprint density at radius 2 is 1.18 bits per heavy atom. The minimum absolute atomic E-state index is 0.331. The van der Waals surface area contributed by atoms with Crippen molar-refractivity contribution in [3.8, 4) is 0 Å². The third-order valence-corrected chi connectivity index (χ3v) is 8.14. The minimum atomic E-state index is -1.16. The number of carbonyl (C=O) groups is 1. The first-order chi connectivity index (χ1) is 18.4. The predicted molar refractivity (Wildman–Crippen MR) is 160 cm³/mol. The average Bonchev–Trinajstić information content (AvgIpc) is 3.24. The van der Waals surface area contributed by atoms with E-state index in [-0.39, 0.29) is 5.97 Å². The molecule has 0 aromatic heterocycles. The second-order valence-corrected chi connectivity index (χ2v) is 9.91. The number of carbonyl (C=O) groups excluding carboxylic acids is 1. The lowest BCUT2D eigenvalue weighted by molar-refractivity contribution is 0.0253. The van der Waals surface area contributed by atoms with Crippen LogP contribution >= 0.6 is 11.6 Å². The van der Waals surface area contributed by atoms with Gasteiger partial charge in [-0.2, -0.15) is 0 Å². The van der Waals surface area contributed by atoms with Crippen molar-refractivity contribution >= 4 is 34.6 Å². The van der Waals surface area contributed by atoms with Gasteiger partial charge in [-0.25, -0.2) is 4.79 Å². The number of benzene rings is 3. The van der Waals surface area contributed by atoms with Gasteiger partial charge in [0.2, 0.25) is 0 Å². The van der Waals surface area contributed by atoms with Crippen molar-refractivity contribution in [1.82, 2.24) is 0 Å². The topological polar surface area (TPSA) is 36.0 Å². The number of hydrogen-bond acceptors (Lipinski definition) is 5. The van der Waals surface area contributed by atoms with Crippen LogP contribution in [0, 0.1) is 0 Å². The molecule has 202 valence electrons. The number of cyclic esters (lactones) is 1. The second-order valence-electron chi connectivity index (χ2n) is 9.50. The molecule has 6 heteroatoms. The van der Waals surface area contributed by atoms with Gasteiger partial charge >= 0.3 is 5.97 Å². The fourth-order valence-electron chi connectivity index (χ4n) is 5.77. The molecule has 3 aromatic rings. The first-order valence-corrected chi connectivity index (χ1v) is 14.3. The van der Waals surface area contributed by atoms with Gasteiger partial charge in [0.25, 0.3) is 0 Å². The molecule has 1 unspecified atom stereocenters. The van der Waals surface area contributed by atoms with Crippen molar-refractivity contribution < 1.29 is 9.53 Å². The number of halogens is 1. The molecule has 0 saturated heterocycles. The van der Waals surface area contributed by atoms with E-state index in [9.17, 15) is 4.79 Å². The predicted octanol–water partition coefficient (Wildman–Crippen LogP) is 7.34. The van der Waals surface area contributed by atoms with Gasteiger partial charge in [0, 0.05) is 73.0 Å². The normalized spacial score (nSPS) is 16.2. The van der Waals surface area contributed by atoms with E-state index in [0.717, 1.165) is 73.0 Å². The SMILES string of the molecule is CCN(CC)c1ccc(C2(c3ccc(N(CC)CC)cc3N(CC)CC)OC(=O)c3ccccc32)c(Cl)c1. The Labute approximate surface area is 233 Å². The van der Waals surface area contributed by atoms with Crippen LogP contribution in [0.3, 0.4) is 0 Å². The molecule has 0 saturated carbocycles. The van der Waals surface area contributed by atoms with Crippen molar-refractivity contribution in [2.45, 2.75) is 47.1 Å². The lowest BCUT2D eigenvalue weighted by Gasteiger charge is -2.37. The summed E-state index contributed by atoms with van der Waals surface area (Å²) in [4.78, 5) is 20.3. The summed E-state index contributed by atoms with van der Waals surface area (Å²) >= 11 is 7.11. The molecular formula is C32H40ClN3O2. The number of rotatable bonds is 11. The quantitative estimate of drug-likeness (QED) is 0.241. The van der Waals surface area contributed by atoms with Crippen LogP contribution in [0.1, 0.15) is 68.6 Å². The van der Waals surface area contributed by atoms with E-state index in [1.54, 1.807) is 0 Å². The molecule has 0 amide bonds. The van der Waals surface area contributed by atoms with Crippen molar-refractivity contribution in [2.75, 3.05) is 54.0 Å². The Kier molecular flexibility index (Phi) is 8.57. The van der Waals surface area contributed by atoms with Crippen LogP contribution in [-0.2, 0) is 10.3 Å². The van der Waals surface area contributed by atoms with Crippen LogP contribution in [0.15, 0.2) is 60.7 Å². The van der Waals surface area contributed by atoms with E-state index >= 15 is 0 Å². The molecule has 4 rings (SSSR count). The molecular weight excluding hydrogens is 494 g/mol. The van der Waals surface area contributed by atoms with Crippen molar-refractivity contribution in [3.63, 3.8) is 0 Å². The van der Waals surface area contributed by atoms with Gasteiger partial charge in [0.1, 0.15) is 0 Å². The zero-order chi connectivity index (χ0) is 27.4. The van der Waals surface area contributed by atoms with Gasteiger partial charge in [-0.15, -0.1) is 0 Å². The highest BCUT2D eigenvalue weighted by molar-refractivity contribution is 6.32. The maximum absolute atomic E-state index is 13.4.